The predicted octanol–water partition coefficient (Wildman–Crippen LogP) is 3.67. The predicted molar refractivity (Wildman–Crippen MR) is 86.2 cm³/mol. The molecule has 0 saturated carbocycles. The molecule has 0 aliphatic heterocycles. The molecule has 1 N–H and O–H groups in total. The van der Waals surface area contributed by atoms with Crippen molar-refractivity contribution < 1.29 is 14.3 Å². The zero-order valence-electron chi connectivity index (χ0n) is 12.4. The van der Waals surface area contributed by atoms with E-state index in [1.54, 1.807) is 29.2 Å². The van der Waals surface area contributed by atoms with E-state index >= 15 is 0 Å². The number of hydrogen-bond acceptors (Lipinski definition) is 3. The molecule has 0 unspecified atom stereocenters. The summed E-state index contributed by atoms with van der Waals surface area (Å²) in [4.78, 5) is 24.4. The molecule has 0 spiro atoms. The number of benzene rings is 2. The number of carbonyl (C=O) groups is 2. The summed E-state index contributed by atoms with van der Waals surface area (Å²) in [5.74, 6) is 0.383. The van der Waals surface area contributed by atoms with E-state index in [0.717, 1.165) is 12.1 Å². The third kappa shape index (κ3) is 4.09. The smallest absolute Gasteiger partial charge is 0.410 e. The molecular formula is C17H18N2O3. The fourth-order valence-corrected chi connectivity index (χ4v) is 2.03. The molecule has 0 radical (unpaired) electrons. The van der Waals surface area contributed by atoms with Crippen molar-refractivity contribution in [1.29, 1.82) is 0 Å². The minimum absolute atomic E-state index is 0.383. The normalized spacial score (nSPS) is 9.86. The molecule has 2 aromatic rings. The molecule has 2 amide bonds. The number of para-hydroxylation sites is 1. The van der Waals surface area contributed by atoms with E-state index in [1.807, 2.05) is 37.3 Å². The number of nitrogens with one attached hydrogen (secondary N) is 1. The van der Waals surface area contributed by atoms with E-state index in [9.17, 15) is 9.59 Å². The summed E-state index contributed by atoms with van der Waals surface area (Å²) in [6.07, 6.45) is 0.946. The maximum Gasteiger partial charge on any atom is 0.419 e. The van der Waals surface area contributed by atoms with Crippen molar-refractivity contribution >= 4 is 23.9 Å². The summed E-state index contributed by atoms with van der Waals surface area (Å²) in [5, 5.41) is 2.52. The minimum atomic E-state index is -0.448. The highest BCUT2D eigenvalue weighted by atomic mass is 16.6. The molecule has 2 rings (SSSR count). The van der Waals surface area contributed by atoms with Crippen LogP contribution in [0.1, 0.15) is 13.3 Å². The van der Waals surface area contributed by atoms with Gasteiger partial charge >= 0.3 is 6.09 Å². The maximum absolute atomic E-state index is 12.4. The average Bonchev–Trinajstić information content (AvgIpc) is 2.54. The van der Waals surface area contributed by atoms with Crippen molar-refractivity contribution in [2.45, 2.75) is 13.3 Å². The highest BCUT2D eigenvalue weighted by molar-refractivity contribution is 5.89. The van der Waals surface area contributed by atoms with Crippen LogP contribution in [0.15, 0.2) is 54.6 Å². The summed E-state index contributed by atoms with van der Waals surface area (Å²) < 4.78 is 5.40. The van der Waals surface area contributed by atoms with Crippen molar-refractivity contribution in [3.05, 3.63) is 54.6 Å². The van der Waals surface area contributed by atoms with Gasteiger partial charge in [-0.25, -0.2) is 4.79 Å². The van der Waals surface area contributed by atoms with Gasteiger partial charge in [-0.1, -0.05) is 31.2 Å². The Bertz CT molecular complexity index is 629. The van der Waals surface area contributed by atoms with Gasteiger partial charge in [-0.2, -0.15) is 0 Å². The van der Waals surface area contributed by atoms with Crippen molar-refractivity contribution in [3.63, 3.8) is 0 Å². The van der Waals surface area contributed by atoms with Crippen molar-refractivity contribution in [2.24, 2.45) is 0 Å². The van der Waals surface area contributed by atoms with Gasteiger partial charge in [0.1, 0.15) is 5.75 Å². The highest BCUT2D eigenvalue weighted by Gasteiger charge is 2.17. The number of anilines is 2. The maximum atomic E-state index is 12.4. The van der Waals surface area contributed by atoms with Gasteiger partial charge in [-0.05, 0) is 30.7 Å². The summed E-state index contributed by atoms with van der Waals surface area (Å²) in [5.41, 5.74) is 1.36. The number of nitrogens with zero attached hydrogens (tertiary/aromatic N) is 1. The molecule has 0 saturated heterocycles. The molecule has 0 fully saturated rings. The summed E-state index contributed by atoms with van der Waals surface area (Å²) in [6, 6.07) is 16.1. The topological polar surface area (TPSA) is 58.6 Å². The number of hydrogen-bond donors (Lipinski definition) is 1. The Kier molecular flexibility index (Phi) is 5.54. The molecular weight excluding hydrogens is 280 g/mol. The molecule has 2 aromatic carbocycles. The first-order valence-electron chi connectivity index (χ1n) is 7.09. The zero-order chi connectivity index (χ0) is 15.8. The number of rotatable bonds is 6. The summed E-state index contributed by atoms with van der Waals surface area (Å²) >= 11 is 0. The zero-order valence-corrected chi connectivity index (χ0v) is 12.4. The van der Waals surface area contributed by atoms with E-state index in [1.165, 1.54) is 0 Å². The fraction of sp³-hybridized carbons (Fsp3) is 0.176. The molecule has 22 heavy (non-hydrogen) atoms. The monoisotopic (exact) mass is 298 g/mol. The van der Waals surface area contributed by atoms with Crippen LogP contribution in [0, 0.1) is 0 Å². The Balaban J connectivity index is 2.14. The third-order valence-corrected chi connectivity index (χ3v) is 3.00. The Morgan fingerprint density at radius 1 is 1.18 bits per heavy atom. The SMILES string of the molecule is CCCN(C(=O)Oc1cccc(NC=O)c1)c1ccccc1. The van der Waals surface area contributed by atoms with E-state index in [2.05, 4.69) is 5.32 Å². The van der Waals surface area contributed by atoms with E-state index < -0.39 is 6.09 Å². The second kappa shape index (κ2) is 7.83. The standard InChI is InChI=1S/C17H18N2O3/c1-2-11-19(15-8-4-3-5-9-15)17(21)22-16-10-6-7-14(12-16)18-13-20/h3-10,12-13H,2,11H2,1H3,(H,18,20). The van der Waals surface area contributed by atoms with Gasteiger partial charge in [-0.3, -0.25) is 9.69 Å². The average molecular weight is 298 g/mol. The number of ether oxygens (including phenoxy) is 1. The van der Waals surface area contributed by atoms with Crippen LogP contribution < -0.4 is 15.0 Å². The van der Waals surface area contributed by atoms with Crippen LogP contribution in [0.2, 0.25) is 0 Å². The molecule has 0 atom stereocenters. The minimum Gasteiger partial charge on any atom is -0.410 e. The van der Waals surface area contributed by atoms with Gasteiger partial charge in [0.25, 0.3) is 0 Å². The Morgan fingerprint density at radius 3 is 2.64 bits per heavy atom. The van der Waals surface area contributed by atoms with Crippen LogP contribution >= 0.6 is 0 Å². The quantitative estimate of drug-likeness (QED) is 0.828. The first-order chi connectivity index (χ1) is 10.7. The van der Waals surface area contributed by atoms with Crippen LogP contribution in [-0.4, -0.2) is 19.0 Å². The number of carbonyl (C=O) groups excluding carboxylic acids is 2. The summed E-state index contributed by atoms with van der Waals surface area (Å²) in [6.45, 7) is 2.56. The Labute approximate surface area is 129 Å². The molecule has 0 heterocycles. The third-order valence-electron chi connectivity index (χ3n) is 3.00. The molecule has 0 aliphatic carbocycles. The van der Waals surface area contributed by atoms with E-state index in [4.69, 9.17) is 4.74 Å². The Hall–Kier alpha value is -2.82. The molecule has 5 heteroatoms. The largest absolute Gasteiger partial charge is 0.419 e. The van der Waals surface area contributed by atoms with Crippen molar-refractivity contribution in [2.75, 3.05) is 16.8 Å². The molecule has 5 nitrogen and oxygen atoms in total. The van der Waals surface area contributed by atoms with Crippen LogP contribution in [0.4, 0.5) is 16.2 Å². The van der Waals surface area contributed by atoms with Crippen LogP contribution in [0.3, 0.4) is 0 Å². The van der Waals surface area contributed by atoms with E-state index in [0.29, 0.717) is 24.4 Å². The van der Waals surface area contributed by atoms with Gasteiger partial charge in [0.2, 0.25) is 6.41 Å². The number of amides is 2. The lowest BCUT2D eigenvalue weighted by Gasteiger charge is -2.21. The van der Waals surface area contributed by atoms with Crippen molar-refractivity contribution in [1.82, 2.24) is 0 Å². The fourth-order valence-electron chi connectivity index (χ4n) is 2.03. The van der Waals surface area contributed by atoms with Gasteiger partial charge in [-0.15, -0.1) is 0 Å². The van der Waals surface area contributed by atoms with Gasteiger partial charge in [0, 0.05) is 24.0 Å². The lowest BCUT2D eigenvalue weighted by Crippen LogP contribution is -2.34. The first kappa shape index (κ1) is 15.6. The second-order valence-electron chi connectivity index (χ2n) is 4.65. The van der Waals surface area contributed by atoms with Crippen LogP contribution in [0.5, 0.6) is 5.75 Å². The van der Waals surface area contributed by atoms with Crippen molar-refractivity contribution in [3.8, 4) is 5.75 Å². The van der Waals surface area contributed by atoms with Gasteiger partial charge < -0.3 is 10.1 Å². The molecule has 0 aromatic heterocycles. The van der Waals surface area contributed by atoms with Gasteiger partial charge in [0.15, 0.2) is 0 Å². The van der Waals surface area contributed by atoms with Crippen LogP contribution in [0.25, 0.3) is 0 Å². The van der Waals surface area contributed by atoms with E-state index in [-0.39, 0.29) is 0 Å². The lowest BCUT2D eigenvalue weighted by molar-refractivity contribution is -0.105. The second-order valence-corrected chi connectivity index (χ2v) is 4.65. The first-order valence-corrected chi connectivity index (χ1v) is 7.09. The highest BCUT2D eigenvalue weighted by Crippen LogP contribution is 2.20. The molecule has 114 valence electrons. The van der Waals surface area contributed by atoms with Gasteiger partial charge in [0.05, 0.1) is 0 Å². The molecule has 0 aliphatic rings. The summed E-state index contributed by atoms with van der Waals surface area (Å²) in [7, 11) is 0. The van der Waals surface area contributed by atoms with Crippen LogP contribution in [-0.2, 0) is 4.79 Å². The molecule has 0 bridgehead atoms. The Morgan fingerprint density at radius 2 is 1.95 bits per heavy atom. The lowest BCUT2D eigenvalue weighted by atomic mass is 10.3.